The van der Waals surface area contributed by atoms with Crippen molar-refractivity contribution in [1.29, 1.82) is 0 Å². The normalized spacial score (nSPS) is 10.7. The molecule has 0 atom stereocenters. The average Bonchev–Trinajstić information content (AvgIpc) is 2.94. The van der Waals surface area contributed by atoms with Crippen LogP contribution in [0.3, 0.4) is 0 Å². The number of nitrogens with one attached hydrogen (secondary N) is 1. The third kappa shape index (κ3) is 4.03. The Balaban J connectivity index is 1.58. The molecule has 1 N–H and O–H groups in total. The monoisotopic (exact) mass is 379 g/mol. The summed E-state index contributed by atoms with van der Waals surface area (Å²) in [6, 6.07) is 11.5. The quantitative estimate of drug-likeness (QED) is 0.641. The zero-order valence-corrected chi connectivity index (χ0v) is 14.9. The Bertz CT molecular complexity index is 912. The van der Waals surface area contributed by atoms with Crippen molar-refractivity contribution in [2.24, 2.45) is 0 Å². The molecule has 0 aliphatic carbocycles. The molecule has 0 unspecified atom stereocenters. The number of amides is 1. The summed E-state index contributed by atoms with van der Waals surface area (Å²) in [6.07, 6.45) is 0. The lowest BCUT2D eigenvalue weighted by Gasteiger charge is -2.08. The molecule has 0 bridgehead atoms. The van der Waals surface area contributed by atoms with Gasteiger partial charge < -0.3 is 14.8 Å². The van der Waals surface area contributed by atoms with Crippen molar-refractivity contribution < 1.29 is 18.7 Å². The van der Waals surface area contributed by atoms with Crippen LogP contribution in [0.1, 0.15) is 9.67 Å². The molecule has 130 valence electrons. The third-order valence-corrected chi connectivity index (χ3v) is 5.15. The molecule has 2 aromatic carbocycles. The van der Waals surface area contributed by atoms with E-state index in [2.05, 4.69) is 5.32 Å². The summed E-state index contributed by atoms with van der Waals surface area (Å²) in [5.74, 6) is 0.694. The van der Waals surface area contributed by atoms with Gasteiger partial charge in [0.2, 0.25) is 0 Å². The lowest BCUT2D eigenvalue weighted by molar-refractivity contribution is 0.0951. The summed E-state index contributed by atoms with van der Waals surface area (Å²) in [6.45, 7) is 0.616. The van der Waals surface area contributed by atoms with Crippen LogP contribution < -0.4 is 14.8 Å². The number of methoxy groups -OCH3 is 1. The molecule has 0 saturated heterocycles. The molecule has 0 fully saturated rings. The highest BCUT2D eigenvalue weighted by atomic mass is 35.5. The molecule has 0 saturated carbocycles. The summed E-state index contributed by atoms with van der Waals surface area (Å²) in [4.78, 5) is 12.6. The molecule has 7 heteroatoms. The van der Waals surface area contributed by atoms with Crippen LogP contribution in [0.2, 0.25) is 5.02 Å². The van der Waals surface area contributed by atoms with E-state index in [9.17, 15) is 9.18 Å². The summed E-state index contributed by atoms with van der Waals surface area (Å²) in [7, 11) is 1.58. The first-order valence-electron chi connectivity index (χ1n) is 7.51. The van der Waals surface area contributed by atoms with Gasteiger partial charge >= 0.3 is 0 Å². The minimum atomic E-state index is -0.357. The fourth-order valence-electron chi connectivity index (χ4n) is 2.29. The average molecular weight is 380 g/mol. The fraction of sp³-hybridized carbons (Fsp3) is 0.167. The van der Waals surface area contributed by atoms with Gasteiger partial charge in [0, 0.05) is 16.2 Å². The highest BCUT2D eigenvalue weighted by Gasteiger charge is 2.17. The maximum Gasteiger partial charge on any atom is 0.263 e. The molecule has 25 heavy (non-hydrogen) atoms. The number of benzene rings is 2. The Hall–Kier alpha value is -2.31. The van der Waals surface area contributed by atoms with Crippen molar-refractivity contribution in [2.45, 2.75) is 0 Å². The Labute approximate surface area is 153 Å². The molecule has 4 nitrogen and oxygen atoms in total. The number of carbonyl (C=O) groups is 1. The van der Waals surface area contributed by atoms with Crippen LogP contribution in [0, 0.1) is 5.82 Å². The zero-order valence-electron chi connectivity index (χ0n) is 13.3. The smallest absolute Gasteiger partial charge is 0.263 e. The first-order chi connectivity index (χ1) is 12.1. The molecule has 1 heterocycles. The number of thiophene rings is 1. The van der Waals surface area contributed by atoms with Crippen LogP contribution in [0.25, 0.3) is 10.1 Å². The second-order valence-electron chi connectivity index (χ2n) is 5.17. The molecule has 0 aliphatic rings. The second kappa shape index (κ2) is 7.72. The number of hydrogen-bond acceptors (Lipinski definition) is 4. The molecule has 0 radical (unpaired) electrons. The third-order valence-electron chi connectivity index (χ3n) is 3.50. The molecule has 1 amide bonds. The fourth-order valence-corrected chi connectivity index (χ4v) is 3.75. The molecular weight excluding hydrogens is 365 g/mol. The lowest BCUT2D eigenvalue weighted by Crippen LogP contribution is -2.27. The van der Waals surface area contributed by atoms with E-state index in [0.717, 1.165) is 11.3 Å². The van der Waals surface area contributed by atoms with E-state index >= 15 is 0 Å². The maximum absolute atomic E-state index is 13.3. The summed E-state index contributed by atoms with van der Waals surface area (Å²) >= 11 is 7.39. The zero-order chi connectivity index (χ0) is 17.8. The largest absolute Gasteiger partial charge is 0.497 e. The number of fused-ring (bicyclic) bond motifs is 1. The van der Waals surface area contributed by atoms with E-state index in [4.69, 9.17) is 21.1 Å². The van der Waals surface area contributed by atoms with Crippen LogP contribution in [0.15, 0.2) is 42.5 Å². The van der Waals surface area contributed by atoms with Crippen LogP contribution in [-0.2, 0) is 0 Å². The second-order valence-corrected chi connectivity index (χ2v) is 6.60. The standard InChI is InChI=1S/C18H15ClFNO3S/c1-23-12-3-2-4-13(10-12)24-8-7-21-18(22)17-16(19)14-6-5-11(20)9-15(14)25-17/h2-6,9-10H,7-8H2,1H3,(H,21,22). The van der Waals surface area contributed by atoms with Crippen molar-refractivity contribution in [3.05, 3.63) is 58.2 Å². The van der Waals surface area contributed by atoms with Gasteiger partial charge in [0.05, 0.1) is 18.7 Å². The van der Waals surface area contributed by atoms with Crippen molar-refractivity contribution in [3.63, 3.8) is 0 Å². The van der Waals surface area contributed by atoms with Crippen molar-refractivity contribution in [3.8, 4) is 11.5 Å². The molecule has 0 spiro atoms. The van der Waals surface area contributed by atoms with Gasteiger partial charge in [-0.1, -0.05) is 17.7 Å². The minimum Gasteiger partial charge on any atom is -0.497 e. The Morgan fingerprint density at radius 1 is 1.24 bits per heavy atom. The van der Waals surface area contributed by atoms with Gasteiger partial charge in [0.25, 0.3) is 5.91 Å². The lowest BCUT2D eigenvalue weighted by atomic mass is 10.2. The van der Waals surface area contributed by atoms with E-state index in [0.29, 0.717) is 44.6 Å². The number of rotatable bonds is 6. The van der Waals surface area contributed by atoms with E-state index in [1.807, 2.05) is 18.2 Å². The molecule has 3 aromatic rings. The Kier molecular flexibility index (Phi) is 5.40. The predicted molar refractivity (Wildman–Crippen MR) is 97.6 cm³/mol. The van der Waals surface area contributed by atoms with Crippen molar-refractivity contribution >= 4 is 38.9 Å². The Morgan fingerprint density at radius 2 is 2.04 bits per heavy atom. The first kappa shape index (κ1) is 17.5. The number of hydrogen-bond donors (Lipinski definition) is 1. The van der Waals surface area contributed by atoms with Crippen LogP contribution in [0.4, 0.5) is 4.39 Å². The van der Waals surface area contributed by atoms with Gasteiger partial charge in [-0.3, -0.25) is 4.79 Å². The van der Waals surface area contributed by atoms with Crippen LogP contribution in [-0.4, -0.2) is 26.2 Å². The molecule has 0 aliphatic heterocycles. The van der Waals surface area contributed by atoms with Gasteiger partial charge in [-0.05, 0) is 30.3 Å². The van der Waals surface area contributed by atoms with E-state index in [1.54, 1.807) is 19.2 Å². The van der Waals surface area contributed by atoms with Crippen molar-refractivity contribution in [2.75, 3.05) is 20.3 Å². The van der Waals surface area contributed by atoms with Gasteiger partial charge in [0.15, 0.2) is 0 Å². The van der Waals surface area contributed by atoms with Crippen LogP contribution >= 0.6 is 22.9 Å². The number of ether oxygens (including phenoxy) is 2. The molecular formula is C18H15ClFNO3S. The van der Waals surface area contributed by atoms with Gasteiger partial charge in [0.1, 0.15) is 28.8 Å². The summed E-state index contributed by atoms with van der Waals surface area (Å²) < 4.78 is 24.6. The predicted octanol–water partition coefficient (Wildman–Crippen LogP) is 4.51. The van der Waals surface area contributed by atoms with Gasteiger partial charge in [-0.25, -0.2) is 4.39 Å². The van der Waals surface area contributed by atoms with E-state index in [-0.39, 0.29) is 11.7 Å². The number of carbonyl (C=O) groups excluding carboxylic acids is 1. The molecule has 1 aromatic heterocycles. The number of halogens is 2. The summed E-state index contributed by atoms with van der Waals surface area (Å²) in [5, 5.41) is 3.76. The summed E-state index contributed by atoms with van der Waals surface area (Å²) in [5.41, 5.74) is 0. The van der Waals surface area contributed by atoms with Crippen LogP contribution in [0.5, 0.6) is 11.5 Å². The highest BCUT2D eigenvalue weighted by Crippen LogP contribution is 2.35. The topological polar surface area (TPSA) is 47.6 Å². The highest BCUT2D eigenvalue weighted by molar-refractivity contribution is 7.21. The minimum absolute atomic E-state index is 0.302. The van der Waals surface area contributed by atoms with E-state index in [1.165, 1.54) is 12.1 Å². The van der Waals surface area contributed by atoms with Gasteiger partial charge in [-0.15, -0.1) is 11.3 Å². The Morgan fingerprint density at radius 3 is 2.84 bits per heavy atom. The maximum atomic E-state index is 13.3. The van der Waals surface area contributed by atoms with Crippen molar-refractivity contribution in [1.82, 2.24) is 5.32 Å². The van der Waals surface area contributed by atoms with E-state index < -0.39 is 0 Å². The first-order valence-corrected chi connectivity index (χ1v) is 8.70. The molecule has 3 rings (SSSR count). The van der Waals surface area contributed by atoms with Gasteiger partial charge in [-0.2, -0.15) is 0 Å². The SMILES string of the molecule is COc1cccc(OCCNC(=O)c2sc3cc(F)ccc3c2Cl)c1.